The van der Waals surface area contributed by atoms with Crippen molar-refractivity contribution in [2.24, 2.45) is 0 Å². The van der Waals surface area contributed by atoms with E-state index in [1.165, 1.54) is 0 Å². The van der Waals surface area contributed by atoms with E-state index in [9.17, 15) is 4.79 Å². The molecule has 0 saturated carbocycles. The number of nitrogens with zero attached hydrogens (tertiary/aromatic N) is 4. The molecule has 148 valence electrons. The van der Waals surface area contributed by atoms with Crippen LogP contribution in [0.3, 0.4) is 0 Å². The number of aryl methyl sites for hydroxylation is 3. The molecule has 28 heavy (non-hydrogen) atoms. The first-order chi connectivity index (χ1) is 13.7. The maximum atomic E-state index is 12.3. The molecule has 0 spiro atoms. The van der Waals surface area contributed by atoms with Crippen LogP contribution in [0, 0.1) is 0 Å². The third kappa shape index (κ3) is 5.52. The normalized spacial score (nSPS) is 10.9. The minimum absolute atomic E-state index is 0.0674. The molecule has 0 radical (unpaired) electrons. The summed E-state index contributed by atoms with van der Waals surface area (Å²) in [4.78, 5) is 18.3. The summed E-state index contributed by atoms with van der Waals surface area (Å²) in [6, 6.07) is 11.9. The van der Waals surface area contributed by atoms with Crippen molar-refractivity contribution in [1.29, 1.82) is 0 Å². The second kappa shape index (κ2) is 9.82. The standard InChI is InChI=1S/C21H26N4O3/c1-3-8-19-22-20(28-24-19)12-13-21(26)25(2)14-7-11-17-15-18(23-27-17)16-9-5-4-6-10-16/h4-6,9-10,15H,3,7-8,11-14H2,1-2H3. The molecule has 0 N–H and O–H groups in total. The Hall–Kier alpha value is -2.96. The van der Waals surface area contributed by atoms with Crippen LogP contribution >= 0.6 is 0 Å². The highest BCUT2D eigenvalue weighted by atomic mass is 16.5. The van der Waals surface area contributed by atoms with Crippen LogP contribution in [0.15, 0.2) is 45.4 Å². The molecule has 0 atom stereocenters. The van der Waals surface area contributed by atoms with Crippen molar-refractivity contribution in [2.75, 3.05) is 13.6 Å². The monoisotopic (exact) mass is 382 g/mol. The van der Waals surface area contributed by atoms with Crippen molar-refractivity contribution in [2.45, 2.75) is 45.4 Å². The number of carbonyl (C=O) groups excluding carboxylic acids is 1. The number of hydrogen-bond acceptors (Lipinski definition) is 6. The molecule has 1 amide bonds. The molecular formula is C21H26N4O3. The maximum Gasteiger partial charge on any atom is 0.227 e. The van der Waals surface area contributed by atoms with E-state index in [0.29, 0.717) is 31.1 Å². The molecule has 3 aromatic rings. The lowest BCUT2D eigenvalue weighted by Gasteiger charge is -2.16. The molecule has 2 aromatic heterocycles. The molecule has 0 saturated heterocycles. The Kier molecular flexibility index (Phi) is 6.94. The largest absolute Gasteiger partial charge is 0.361 e. The van der Waals surface area contributed by atoms with Gasteiger partial charge >= 0.3 is 0 Å². The fraction of sp³-hybridized carbons (Fsp3) is 0.429. The number of amides is 1. The molecule has 7 nitrogen and oxygen atoms in total. The lowest BCUT2D eigenvalue weighted by molar-refractivity contribution is -0.130. The highest BCUT2D eigenvalue weighted by molar-refractivity contribution is 5.75. The number of carbonyl (C=O) groups is 1. The molecule has 0 bridgehead atoms. The number of rotatable bonds is 10. The van der Waals surface area contributed by atoms with Crippen LogP contribution in [0.4, 0.5) is 0 Å². The second-order valence-corrected chi connectivity index (χ2v) is 6.82. The average Bonchev–Trinajstić information content (AvgIpc) is 3.37. The third-order valence-electron chi connectivity index (χ3n) is 4.51. The first-order valence-electron chi connectivity index (χ1n) is 9.72. The second-order valence-electron chi connectivity index (χ2n) is 6.82. The minimum Gasteiger partial charge on any atom is -0.361 e. The summed E-state index contributed by atoms with van der Waals surface area (Å²) in [6.45, 7) is 2.72. The Balaban J connectivity index is 1.39. The van der Waals surface area contributed by atoms with E-state index in [0.717, 1.165) is 42.7 Å². The van der Waals surface area contributed by atoms with Crippen LogP contribution in [-0.4, -0.2) is 39.7 Å². The van der Waals surface area contributed by atoms with Crippen molar-refractivity contribution in [1.82, 2.24) is 20.2 Å². The van der Waals surface area contributed by atoms with Gasteiger partial charge in [-0.1, -0.05) is 47.6 Å². The summed E-state index contributed by atoms with van der Waals surface area (Å²) in [6.07, 6.45) is 4.16. The molecule has 0 fully saturated rings. The van der Waals surface area contributed by atoms with E-state index < -0.39 is 0 Å². The van der Waals surface area contributed by atoms with E-state index in [1.54, 1.807) is 4.90 Å². The van der Waals surface area contributed by atoms with Gasteiger partial charge in [0.2, 0.25) is 11.8 Å². The van der Waals surface area contributed by atoms with Crippen molar-refractivity contribution >= 4 is 5.91 Å². The van der Waals surface area contributed by atoms with Crippen molar-refractivity contribution in [3.63, 3.8) is 0 Å². The molecule has 1 aromatic carbocycles. The predicted molar refractivity (Wildman–Crippen MR) is 105 cm³/mol. The number of aromatic nitrogens is 3. The topological polar surface area (TPSA) is 85.3 Å². The van der Waals surface area contributed by atoms with Gasteiger partial charge in [-0.3, -0.25) is 4.79 Å². The minimum atomic E-state index is 0.0674. The molecule has 0 aliphatic carbocycles. The zero-order valence-corrected chi connectivity index (χ0v) is 16.4. The van der Waals surface area contributed by atoms with Crippen LogP contribution in [0.1, 0.15) is 43.7 Å². The van der Waals surface area contributed by atoms with Gasteiger partial charge in [0.25, 0.3) is 0 Å². The zero-order chi connectivity index (χ0) is 19.8. The van der Waals surface area contributed by atoms with E-state index in [1.807, 2.05) is 43.4 Å². The van der Waals surface area contributed by atoms with Gasteiger partial charge in [0.15, 0.2) is 5.82 Å². The van der Waals surface area contributed by atoms with Gasteiger partial charge in [-0.15, -0.1) is 0 Å². The third-order valence-corrected chi connectivity index (χ3v) is 4.51. The Morgan fingerprint density at radius 2 is 1.89 bits per heavy atom. The molecule has 0 aliphatic heterocycles. The molecule has 2 heterocycles. The Morgan fingerprint density at radius 3 is 2.68 bits per heavy atom. The number of benzene rings is 1. The molecule has 3 rings (SSSR count). The Bertz CT molecular complexity index is 873. The van der Waals surface area contributed by atoms with E-state index in [4.69, 9.17) is 9.05 Å². The summed E-state index contributed by atoms with van der Waals surface area (Å²) in [5.41, 5.74) is 1.87. The fourth-order valence-corrected chi connectivity index (χ4v) is 2.91. The number of hydrogen-bond donors (Lipinski definition) is 0. The molecular weight excluding hydrogens is 356 g/mol. The summed E-state index contributed by atoms with van der Waals surface area (Å²) < 4.78 is 10.6. The summed E-state index contributed by atoms with van der Waals surface area (Å²) in [7, 11) is 1.81. The summed E-state index contributed by atoms with van der Waals surface area (Å²) in [5, 5.41) is 8.03. The van der Waals surface area contributed by atoms with Crippen LogP contribution in [0.25, 0.3) is 11.3 Å². The van der Waals surface area contributed by atoms with Gasteiger partial charge in [-0.05, 0) is 12.8 Å². The van der Waals surface area contributed by atoms with E-state index >= 15 is 0 Å². The summed E-state index contributed by atoms with van der Waals surface area (Å²) >= 11 is 0. The van der Waals surface area contributed by atoms with Gasteiger partial charge < -0.3 is 13.9 Å². The molecule has 0 aliphatic rings. The highest BCUT2D eigenvalue weighted by Gasteiger charge is 2.13. The lowest BCUT2D eigenvalue weighted by atomic mass is 10.1. The first kappa shape index (κ1) is 19.8. The van der Waals surface area contributed by atoms with E-state index in [-0.39, 0.29) is 5.91 Å². The SMILES string of the molecule is CCCc1noc(CCC(=O)N(C)CCCc2cc(-c3ccccc3)no2)n1. The maximum absolute atomic E-state index is 12.3. The molecule has 0 unspecified atom stereocenters. The Labute approximate surface area is 164 Å². The fourth-order valence-electron chi connectivity index (χ4n) is 2.91. The highest BCUT2D eigenvalue weighted by Crippen LogP contribution is 2.19. The van der Waals surface area contributed by atoms with Crippen LogP contribution in [0.5, 0.6) is 0 Å². The van der Waals surface area contributed by atoms with Crippen molar-refractivity contribution in [3.05, 3.63) is 53.9 Å². The van der Waals surface area contributed by atoms with Crippen molar-refractivity contribution in [3.8, 4) is 11.3 Å². The smallest absolute Gasteiger partial charge is 0.227 e. The van der Waals surface area contributed by atoms with Gasteiger partial charge in [-0.2, -0.15) is 4.98 Å². The van der Waals surface area contributed by atoms with Gasteiger partial charge in [0.1, 0.15) is 11.5 Å². The molecule has 7 heteroatoms. The predicted octanol–water partition coefficient (Wildman–Crippen LogP) is 3.70. The lowest BCUT2D eigenvalue weighted by Crippen LogP contribution is -2.28. The van der Waals surface area contributed by atoms with Crippen LogP contribution in [0.2, 0.25) is 0 Å². The zero-order valence-electron chi connectivity index (χ0n) is 16.4. The van der Waals surface area contributed by atoms with Gasteiger partial charge in [0.05, 0.1) is 0 Å². The van der Waals surface area contributed by atoms with Crippen molar-refractivity contribution < 1.29 is 13.8 Å². The van der Waals surface area contributed by atoms with E-state index in [2.05, 4.69) is 22.2 Å². The Morgan fingerprint density at radius 1 is 1.07 bits per heavy atom. The van der Waals surface area contributed by atoms with Crippen LogP contribution in [-0.2, 0) is 24.1 Å². The summed E-state index contributed by atoms with van der Waals surface area (Å²) in [5.74, 6) is 2.13. The quantitative estimate of drug-likeness (QED) is 0.531. The van der Waals surface area contributed by atoms with Gasteiger partial charge in [0, 0.05) is 50.9 Å². The average molecular weight is 382 g/mol. The van der Waals surface area contributed by atoms with Crippen LogP contribution < -0.4 is 0 Å². The van der Waals surface area contributed by atoms with Gasteiger partial charge in [-0.25, -0.2) is 0 Å². The first-order valence-corrected chi connectivity index (χ1v) is 9.72.